The van der Waals surface area contributed by atoms with Crippen molar-refractivity contribution in [3.8, 4) is 0 Å². The van der Waals surface area contributed by atoms with Gasteiger partial charge in [-0.2, -0.15) is 0 Å². The van der Waals surface area contributed by atoms with E-state index in [2.05, 4.69) is 48.1 Å². The number of carbonyl (C=O) groups is 2. The highest BCUT2D eigenvalue weighted by Gasteiger charge is 2.65. The van der Waals surface area contributed by atoms with Crippen LogP contribution in [0.15, 0.2) is 36.4 Å². The number of benzene rings is 2. The van der Waals surface area contributed by atoms with Gasteiger partial charge in [-0.15, -0.1) is 0 Å². The van der Waals surface area contributed by atoms with Gasteiger partial charge in [0.25, 0.3) is 0 Å². The van der Waals surface area contributed by atoms with Crippen LogP contribution in [-0.2, 0) is 15.0 Å². The van der Waals surface area contributed by atoms with E-state index in [0.29, 0.717) is 30.0 Å². The number of carbonyl (C=O) groups excluding carboxylic acids is 2. The Morgan fingerprint density at radius 1 is 1.10 bits per heavy atom. The summed E-state index contributed by atoms with van der Waals surface area (Å²) < 4.78 is 15.9. The Kier molecular flexibility index (Phi) is 8.85. The third-order valence-electron chi connectivity index (χ3n) is 9.10. The molecule has 0 aliphatic carbocycles. The Bertz CT molecular complexity index is 1310. The molecule has 2 aromatic rings. The van der Waals surface area contributed by atoms with Crippen LogP contribution in [0.4, 0.5) is 10.1 Å². The van der Waals surface area contributed by atoms with Gasteiger partial charge in [0.2, 0.25) is 5.91 Å². The first-order valence-corrected chi connectivity index (χ1v) is 15.5. The van der Waals surface area contributed by atoms with Gasteiger partial charge >= 0.3 is 0 Å². The Morgan fingerprint density at radius 2 is 1.80 bits per heavy atom. The summed E-state index contributed by atoms with van der Waals surface area (Å²) in [6.45, 7) is 14.5. The molecular weight excluding hydrogens is 562 g/mol. The van der Waals surface area contributed by atoms with Crippen molar-refractivity contribution in [3.05, 3.63) is 63.4 Å². The maximum absolute atomic E-state index is 15.9. The van der Waals surface area contributed by atoms with Gasteiger partial charge in [-0.05, 0) is 60.7 Å². The molecule has 0 radical (unpaired) electrons. The highest BCUT2D eigenvalue weighted by Crippen LogP contribution is 2.57. The lowest BCUT2D eigenvalue weighted by Gasteiger charge is -2.37. The van der Waals surface area contributed by atoms with Crippen molar-refractivity contribution in [1.82, 2.24) is 15.1 Å². The normalized spacial score (nSPS) is 26.9. The minimum absolute atomic E-state index is 0.00688. The van der Waals surface area contributed by atoms with Gasteiger partial charge in [0, 0.05) is 55.3 Å². The summed E-state index contributed by atoms with van der Waals surface area (Å²) in [4.78, 5) is 33.1. The minimum atomic E-state index is -1.21. The molecule has 2 fully saturated rings. The first-order valence-electron chi connectivity index (χ1n) is 14.7. The van der Waals surface area contributed by atoms with Crippen molar-refractivity contribution in [2.24, 2.45) is 5.41 Å². The molecule has 222 valence electrons. The molecule has 5 rings (SSSR count). The topological polar surface area (TPSA) is 64.7 Å². The average Bonchev–Trinajstić information content (AvgIpc) is 3.39. The molecule has 1 amide bonds. The number of nitrogens with one attached hydrogen (secondary N) is 2. The molecule has 0 saturated carbocycles. The summed E-state index contributed by atoms with van der Waals surface area (Å²) >= 11 is 12.6. The number of halogens is 3. The average molecular weight is 604 g/mol. The number of fused-ring (bicyclic) bond motifs is 2. The fourth-order valence-corrected chi connectivity index (χ4v) is 7.52. The number of Topliss-reactive ketones (excluding diaryl/α,β-unsaturated/α-hetero) is 1. The first-order chi connectivity index (χ1) is 19.5. The van der Waals surface area contributed by atoms with Crippen LogP contribution in [0.2, 0.25) is 10.0 Å². The van der Waals surface area contributed by atoms with Gasteiger partial charge < -0.3 is 20.4 Å². The van der Waals surface area contributed by atoms with Crippen molar-refractivity contribution in [3.63, 3.8) is 0 Å². The number of likely N-dealkylation sites (N-methyl/N-ethyl adjacent to an activating group) is 1. The van der Waals surface area contributed by atoms with E-state index >= 15 is 4.39 Å². The smallest absolute Gasteiger partial charge is 0.237 e. The number of nitrogens with zero attached hydrogens (tertiary/aromatic N) is 2. The second-order valence-corrected chi connectivity index (χ2v) is 13.8. The zero-order chi connectivity index (χ0) is 29.5. The lowest BCUT2D eigenvalue weighted by Crippen LogP contribution is -2.49. The van der Waals surface area contributed by atoms with E-state index in [9.17, 15) is 9.59 Å². The third-order valence-corrected chi connectivity index (χ3v) is 9.62. The molecule has 2 aromatic carbocycles. The number of hydrogen-bond donors (Lipinski definition) is 2. The number of hydrogen-bond acceptors (Lipinski definition) is 5. The molecule has 1 spiro atoms. The van der Waals surface area contributed by atoms with Crippen molar-refractivity contribution in [1.29, 1.82) is 0 Å². The van der Waals surface area contributed by atoms with E-state index in [1.807, 2.05) is 6.07 Å². The standard InChI is InChI=1S/C32H41Cl2FN4O2/c1-5-38-14-16-39(17-15-38)13-7-10-25(40)29-27(21-8-6-9-23(34)28(21)35)32(26(37-29)19-31(2,3)4)22-12-11-20(33)18-24(22)36-30(32)41/h6,8-9,11-12,18,26-27,29,37H,5,7,10,13-17,19H2,1-4H3,(H,36,41)/t26-,27+,29+,32+/m1/s1. The van der Waals surface area contributed by atoms with Crippen LogP contribution in [0, 0.1) is 11.2 Å². The van der Waals surface area contributed by atoms with Gasteiger partial charge in [0.15, 0.2) is 0 Å². The predicted molar refractivity (Wildman–Crippen MR) is 163 cm³/mol. The summed E-state index contributed by atoms with van der Waals surface area (Å²) in [5.74, 6) is -1.62. The molecule has 2 N–H and O–H groups in total. The number of amides is 1. The summed E-state index contributed by atoms with van der Waals surface area (Å²) in [7, 11) is 0. The van der Waals surface area contributed by atoms with E-state index in [1.54, 1.807) is 24.3 Å². The molecule has 9 heteroatoms. The van der Waals surface area contributed by atoms with Crippen molar-refractivity contribution in [2.75, 3.05) is 44.6 Å². The maximum atomic E-state index is 15.9. The second-order valence-electron chi connectivity index (χ2n) is 12.9. The Morgan fingerprint density at radius 3 is 2.49 bits per heavy atom. The Balaban J connectivity index is 1.52. The Hall–Kier alpha value is -2.03. The molecule has 4 atom stereocenters. The molecular formula is C32H41Cl2FN4O2. The summed E-state index contributed by atoms with van der Waals surface area (Å²) in [5, 5.41) is 7.10. The highest BCUT2D eigenvalue weighted by atomic mass is 35.5. The molecule has 0 unspecified atom stereocenters. The van der Waals surface area contributed by atoms with Crippen molar-refractivity contribution < 1.29 is 14.0 Å². The maximum Gasteiger partial charge on any atom is 0.237 e. The summed E-state index contributed by atoms with van der Waals surface area (Å²) in [6, 6.07) is 9.04. The fraction of sp³-hybridized carbons (Fsp3) is 0.562. The van der Waals surface area contributed by atoms with Gasteiger partial charge in [-0.1, -0.05) is 69.1 Å². The molecule has 3 aliphatic rings. The zero-order valence-electron chi connectivity index (χ0n) is 24.4. The molecule has 3 heterocycles. The number of rotatable bonds is 8. The quantitative estimate of drug-likeness (QED) is 0.395. The molecule has 41 heavy (non-hydrogen) atoms. The van der Waals surface area contributed by atoms with Crippen LogP contribution >= 0.6 is 23.2 Å². The fourth-order valence-electron chi connectivity index (χ4n) is 7.17. The monoisotopic (exact) mass is 602 g/mol. The van der Waals surface area contributed by atoms with Crippen molar-refractivity contribution in [2.45, 2.75) is 70.4 Å². The van der Waals surface area contributed by atoms with Gasteiger partial charge in [0.05, 0.1) is 11.1 Å². The molecule has 2 saturated heterocycles. The van der Waals surface area contributed by atoms with Crippen LogP contribution in [-0.4, -0.2) is 72.8 Å². The van der Waals surface area contributed by atoms with E-state index in [-0.39, 0.29) is 27.7 Å². The van der Waals surface area contributed by atoms with E-state index in [4.69, 9.17) is 23.2 Å². The van der Waals surface area contributed by atoms with Crippen LogP contribution < -0.4 is 10.6 Å². The minimum Gasteiger partial charge on any atom is -0.325 e. The lowest BCUT2D eigenvalue weighted by atomic mass is 9.62. The summed E-state index contributed by atoms with van der Waals surface area (Å²) in [6.07, 6.45) is 1.66. The van der Waals surface area contributed by atoms with Crippen LogP contribution in [0.25, 0.3) is 0 Å². The zero-order valence-corrected chi connectivity index (χ0v) is 25.9. The van der Waals surface area contributed by atoms with E-state index in [0.717, 1.165) is 44.8 Å². The number of piperazine rings is 1. The molecule has 3 aliphatic heterocycles. The summed E-state index contributed by atoms with van der Waals surface area (Å²) in [5.41, 5.74) is 0.247. The van der Waals surface area contributed by atoms with Crippen LogP contribution in [0.5, 0.6) is 0 Å². The molecule has 0 aromatic heterocycles. The first kappa shape index (κ1) is 30.4. The predicted octanol–water partition coefficient (Wildman–Crippen LogP) is 5.87. The van der Waals surface area contributed by atoms with Crippen LogP contribution in [0.3, 0.4) is 0 Å². The van der Waals surface area contributed by atoms with Crippen molar-refractivity contribution >= 4 is 40.6 Å². The van der Waals surface area contributed by atoms with Gasteiger partial charge in [0.1, 0.15) is 17.0 Å². The van der Waals surface area contributed by atoms with Gasteiger partial charge in [-0.25, -0.2) is 4.39 Å². The lowest BCUT2D eigenvalue weighted by molar-refractivity contribution is -0.122. The number of anilines is 1. The SMILES string of the molecule is CCN1CCN(CCCC(=O)[C@@H]2N[C@H](CC(C)(C)C)[C@]3(C(=O)Nc4cc(Cl)ccc43)[C@H]2c2cccc(Cl)c2F)CC1. The number of ketones is 1. The largest absolute Gasteiger partial charge is 0.325 e. The third kappa shape index (κ3) is 5.81. The van der Waals surface area contributed by atoms with Gasteiger partial charge in [-0.3, -0.25) is 9.59 Å². The van der Waals surface area contributed by atoms with Crippen LogP contribution in [0.1, 0.15) is 64.0 Å². The van der Waals surface area contributed by atoms with E-state index < -0.39 is 29.2 Å². The molecule has 6 nitrogen and oxygen atoms in total. The highest BCUT2D eigenvalue weighted by molar-refractivity contribution is 6.31. The Labute approximate surface area is 252 Å². The molecule has 0 bridgehead atoms. The second kappa shape index (κ2) is 11.9. The van der Waals surface area contributed by atoms with E-state index in [1.165, 1.54) is 6.07 Å².